The van der Waals surface area contributed by atoms with Crippen LogP contribution in [-0.2, 0) is 19.1 Å². The van der Waals surface area contributed by atoms with Gasteiger partial charge in [0.2, 0.25) is 0 Å². The minimum atomic E-state index is -4.75. The van der Waals surface area contributed by atoms with Crippen LogP contribution in [-0.4, -0.2) is 42.7 Å². The molecule has 0 spiro atoms. The largest absolute Gasteiger partial charge is 0.434 e. The Morgan fingerprint density at radius 1 is 1.42 bits per heavy atom. The van der Waals surface area contributed by atoms with E-state index in [1.54, 1.807) is 13.8 Å². The predicted molar refractivity (Wildman–Crippen MR) is 86.1 cm³/mol. The fourth-order valence-electron chi connectivity index (χ4n) is 2.87. The maximum absolute atomic E-state index is 13.0. The topological polar surface area (TPSA) is 87.8 Å². The number of hydrogen-bond donors (Lipinski definition) is 1. The SMILES string of the molecule is CC(=N)n1nnc2c1C[C@H](C)N(C(=O)c1ccnc(C(F)(F)F)c1Cl)C2. The quantitative estimate of drug-likeness (QED) is 0.603. The highest BCUT2D eigenvalue weighted by atomic mass is 35.5. The summed E-state index contributed by atoms with van der Waals surface area (Å²) >= 11 is 5.81. The van der Waals surface area contributed by atoms with Gasteiger partial charge in [-0.05, 0) is 19.9 Å². The van der Waals surface area contributed by atoms with Crippen LogP contribution in [0.15, 0.2) is 12.3 Å². The van der Waals surface area contributed by atoms with Gasteiger partial charge in [0.1, 0.15) is 11.5 Å². The van der Waals surface area contributed by atoms with Gasteiger partial charge in [0.15, 0.2) is 5.69 Å². The van der Waals surface area contributed by atoms with Crippen LogP contribution in [0.1, 0.15) is 41.3 Å². The summed E-state index contributed by atoms with van der Waals surface area (Å²) in [4.78, 5) is 17.4. The molecule has 1 atom stereocenters. The third-order valence-electron chi connectivity index (χ3n) is 4.15. The Labute approximate surface area is 151 Å². The summed E-state index contributed by atoms with van der Waals surface area (Å²) in [6.45, 7) is 3.40. The molecule has 1 N–H and O–H groups in total. The Morgan fingerprint density at radius 2 is 2.12 bits per heavy atom. The van der Waals surface area contributed by atoms with Crippen molar-refractivity contribution < 1.29 is 18.0 Å². The number of carbonyl (C=O) groups is 1. The lowest BCUT2D eigenvalue weighted by atomic mass is 10.0. The van der Waals surface area contributed by atoms with Crippen LogP contribution < -0.4 is 0 Å². The Bertz CT molecular complexity index is 894. The van der Waals surface area contributed by atoms with Crippen molar-refractivity contribution in [2.75, 3.05) is 0 Å². The third-order valence-corrected chi connectivity index (χ3v) is 4.53. The first-order chi connectivity index (χ1) is 12.1. The Kier molecular flexibility index (Phi) is 4.47. The van der Waals surface area contributed by atoms with Crippen LogP contribution in [0.2, 0.25) is 5.02 Å². The second-order valence-electron chi connectivity index (χ2n) is 5.99. The summed E-state index contributed by atoms with van der Waals surface area (Å²) in [6.07, 6.45) is -3.46. The van der Waals surface area contributed by atoms with E-state index in [1.807, 2.05) is 0 Å². The van der Waals surface area contributed by atoms with E-state index in [0.717, 1.165) is 6.20 Å². The summed E-state index contributed by atoms with van der Waals surface area (Å²) in [6, 6.07) is 0.839. The van der Waals surface area contributed by atoms with E-state index in [9.17, 15) is 18.0 Å². The molecule has 11 heteroatoms. The van der Waals surface area contributed by atoms with E-state index in [0.29, 0.717) is 17.8 Å². The zero-order valence-electron chi connectivity index (χ0n) is 13.8. The average molecular weight is 387 g/mol. The second-order valence-corrected chi connectivity index (χ2v) is 6.36. The van der Waals surface area contributed by atoms with E-state index in [1.165, 1.54) is 15.6 Å². The van der Waals surface area contributed by atoms with Gasteiger partial charge in [0.05, 0.1) is 22.8 Å². The van der Waals surface area contributed by atoms with Crippen LogP contribution in [0.5, 0.6) is 0 Å². The van der Waals surface area contributed by atoms with Gasteiger partial charge in [-0.1, -0.05) is 16.8 Å². The molecule has 1 aliphatic rings. The first-order valence-corrected chi connectivity index (χ1v) is 8.00. The number of halogens is 4. The first kappa shape index (κ1) is 18.3. The zero-order valence-corrected chi connectivity index (χ0v) is 14.6. The smallest absolute Gasteiger partial charge is 0.329 e. The fraction of sp³-hybridized carbons (Fsp3) is 0.400. The lowest BCUT2D eigenvalue weighted by Crippen LogP contribution is -2.43. The molecule has 0 aliphatic carbocycles. The molecule has 1 aliphatic heterocycles. The van der Waals surface area contributed by atoms with Crippen LogP contribution in [0.25, 0.3) is 0 Å². The molecule has 3 rings (SSSR count). The number of pyridine rings is 1. The number of amides is 1. The normalized spacial score (nSPS) is 17.2. The van der Waals surface area contributed by atoms with Crippen molar-refractivity contribution in [2.45, 2.75) is 39.0 Å². The molecule has 0 aromatic carbocycles. The molecule has 0 radical (unpaired) electrons. The van der Waals surface area contributed by atoms with Crippen LogP contribution >= 0.6 is 11.6 Å². The van der Waals surface area contributed by atoms with Crippen molar-refractivity contribution in [3.8, 4) is 0 Å². The van der Waals surface area contributed by atoms with E-state index in [2.05, 4.69) is 15.3 Å². The van der Waals surface area contributed by atoms with Gasteiger partial charge in [0, 0.05) is 18.7 Å². The molecule has 3 heterocycles. The standard InChI is InChI=1S/C15H14ClF3N6O/c1-7-5-11-10(22-23-25(11)8(2)20)6-24(7)14(26)9-3-4-21-13(12(9)16)15(17,18)19/h3-4,7,20H,5-6H2,1-2H3/t7-/m0/s1. The molecule has 0 saturated carbocycles. The zero-order chi connectivity index (χ0) is 19.2. The number of carbonyl (C=O) groups excluding carboxylic acids is 1. The monoisotopic (exact) mass is 386 g/mol. The van der Waals surface area contributed by atoms with Crippen molar-refractivity contribution in [2.24, 2.45) is 0 Å². The molecule has 1 amide bonds. The molecule has 0 saturated heterocycles. The number of alkyl halides is 3. The van der Waals surface area contributed by atoms with Gasteiger partial charge in [-0.3, -0.25) is 15.2 Å². The Balaban J connectivity index is 1.95. The van der Waals surface area contributed by atoms with Gasteiger partial charge < -0.3 is 4.90 Å². The molecular weight excluding hydrogens is 373 g/mol. The summed E-state index contributed by atoms with van der Waals surface area (Å²) < 4.78 is 40.3. The number of nitrogens with zero attached hydrogens (tertiary/aromatic N) is 5. The van der Waals surface area contributed by atoms with Gasteiger partial charge >= 0.3 is 6.18 Å². The van der Waals surface area contributed by atoms with Crippen LogP contribution in [0, 0.1) is 5.41 Å². The molecular formula is C15H14ClF3N6O. The third kappa shape index (κ3) is 3.05. The molecule has 0 bridgehead atoms. The number of aromatic nitrogens is 4. The van der Waals surface area contributed by atoms with Gasteiger partial charge in [-0.15, -0.1) is 5.10 Å². The fourth-order valence-corrected chi connectivity index (χ4v) is 3.17. The van der Waals surface area contributed by atoms with Gasteiger partial charge in [-0.2, -0.15) is 13.2 Å². The molecule has 7 nitrogen and oxygen atoms in total. The number of hydrogen-bond acceptors (Lipinski definition) is 5. The number of rotatable bonds is 1. The highest BCUT2D eigenvalue weighted by Crippen LogP contribution is 2.35. The van der Waals surface area contributed by atoms with Crippen molar-refractivity contribution in [1.82, 2.24) is 24.9 Å². The predicted octanol–water partition coefficient (Wildman–Crippen LogP) is 2.78. The summed E-state index contributed by atoms with van der Waals surface area (Å²) in [5, 5.41) is 14.8. The van der Waals surface area contributed by atoms with Gasteiger partial charge in [0.25, 0.3) is 5.91 Å². The van der Waals surface area contributed by atoms with E-state index in [4.69, 9.17) is 17.0 Å². The Hall–Kier alpha value is -2.49. The lowest BCUT2D eigenvalue weighted by Gasteiger charge is -2.33. The lowest BCUT2D eigenvalue weighted by molar-refractivity contribution is -0.141. The first-order valence-electron chi connectivity index (χ1n) is 7.63. The molecule has 26 heavy (non-hydrogen) atoms. The van der Waals surface area contributed by atoms with E-state index < -0.39 is 22.8 Å². The molecule has 0 fully saturated rings. The number of nitrogens with one attached hydrogen (secondary N) is 1. The van der Waals surface area contributed by atoms with Crippen LogP contribution in [0.3, 0.4) is 0 Å². The van der Waals surface area contributed by atoms with E-state index >= 15 is 0 Å². The number of fused-ring (bicyclic) bond motifs is 1. The molecule has 2 aromatic heterocycles. The average Bonchev–Trinajstić information content (AvgIpc) is 2.95. The van der Waals surface area contributed by atoms with Gasteiger partial charge in [-0.25, -0.2) is 4.68 Å². The highest BCUT2D eigenvalue weighted by molar-refractivity contribution is 6.34. The van der Waals surface area contributed by atoms with Crippen molar-refractivity contribution >= 4 is 23.3 Å². The summed E-state index contributed by atoms with van der Waals surface area (Å²) in [5.41, 5.74) is -0.337. The van der Waals surface area contributed by atoms with E-state index in [-0.39, 0.29) is 24.0 Å². The minimum absolute atomic E-state index is 0.0720. The van der Waals surface area contributed by atoms with Crippen molar-refractivity contribution in [3.05, 3.63) is 39.9 Å². The highest BCUT2D eigenvalue weighted by Gasteiger charge is 2.38. The molecule has 2 aromatic rings. The van der Waals surface area contributed by atoms with Crippen molar-refractivity contribution in [3.63, 3.8) is 0 Å². The van der Waals surface area contributed by atoms with Crippen molar-refractivity contribution in [1.29, 1.82) is 5.41 Å². The Morgan fingerprint density at radius 3 is 2.73 bits per heavy atom. The maximum atomic E-state index is 13.0. The molecule has 138 valence electrons. The molecule has 0 unspecified atom stereocenters. The van der Waals surface area contributed by atoms with Crippen LogP contribution in [0.4, 0.5) is 13.2 Å². The maximum Gasteiger partial charge on any atom is 0.434 e. The second kappa shape index (κ2) is 6.35. The summed E-state index contributed by atoms with van der Waals surface area (Å²) in [7, 11) is 0. The minimum Gasteiger partial charge on any atom is -0.329 e. The summed E-state index contributed by atoms with van der Waals surface area (Å²) in [5.74, 6) is -0.445.